The standard InChI is InChI=1S/C24H23ClN2O5S/c1-4-32-24(29)17-8-11-19(12-9-17)26-23(28)18-10-13-20(25)22(14-18)33(30,31)27-21-7-5-6-15(2)16(21)3/h5-14,27H,4H2,1-3H3,(H,26,28). The van der Waals surface area contributed by atoms with Crippen molar-refractivity contribution in [2.45, 2.75) is 25.7 Å². The van der Waals surface area contributed by atoms with Crippen molar-refractivity contribution in [3.8, 4) is 0 Å². The number of ether oxygens (including phenoxy) is 1. The molecule has 7 nitrogen and oxygen atoms in total. The van der Waals surface area contributed by atoms with Crippen molar-refractivity contribution in [3.05, 3.63) is 87.9 Å². The number of carbonyl (C=O) groups excluding carboxylic acids is 2. The number of hydrogen-bond acceptors (Lipinski definition) is 5. The molecular weight excluding hydrogens is 464 g/mol. The second kappa shape index (κ2) is 10.1. The van der Waals surface area contributed by atoms with E-state index >= 15 is 0 Å². The van der Waals surface area contributed by atoms with Gasteiger partial charge in [-0.2, -0.15) is 0 Å². The molecule has 3 aromatic rings. The molecule has 0 spiro atoms. The molecule has 0 unspecified atom stereocenters. The topological polar surface area (TPSA) is 102 Å². The molecule has 172 valence electrons. The smallest absolute Gasteiger partial charge is 0.338 e. The fourth-order valence-electron chi connectivity index (χ4n) is 3.02. The SMILES string of the molecule is CCOC(=O)c1ccc(NC(=O)c2ccc(Cl)c(S(=O)(=O)Nc3cccc(C)c3C)c2)cc1. The first-order chi connectivity index (χ1) is 15.6. The highest BCUT2D eigenvalue weighted by Gasteiger charge is 2.21. The number of anilines is 2. The van der Waals surface area contributed by atoms with Crippen LogP contribution in [0.1, 0.15) is 38.8 Å². The van der Waals surface area contributed by atoms with Crippen molar-refractivity contribution in [2.24, 2.45) is 0 Å². The summed E-state index contributed by atoms with van der Waals surface area (Å²) in [5.41, 5.74) is 3.05. The van der Waals surface area contributed by atoms with E-state index in [0.717, 1.165) is 11.1 Å². The quantitative estimate of drug-likeness (QED) is 0.448. The lowest BCUT2D eigenvalue weighted by Crippen LogP contribution is -2.17. The Labute approximate surface area is 197 Å². The minimum Gasteiger partial charge on any atom is -0.462 e. The molecule has 0 aliphatic rings. The van der Waals surface area contributed by atoms with Gasteiger partial charge in [0.1, 0.15) is 4.90 Å². The molecule has 0 aliphatic heterocycles. The number of esters is 1. The second-order valence-electron chi connectivity index (χ2n) is 7.25. The van der Waals surface area contributed by atoms with Gasteiger partial charge in [-0.05, 0) is 80.4 Å². The predicted molar refractivity (Wildman–Crippen MR) is 129 cm³/mol. The highest BCUT2D eigenvalue weighted by molar-refractivity contribution is 7.92. The van der Waals surface area contributed by atoms with Crippen LogP contribution in [0, 0.1) is 13.8 Å². The van der Waals surface area contributed by atoms with Crippen molar-refractivity contribution in [1.29, 1.82) is 0 Å². The molecule has 0 heterocycles. The molecule has 0 aliphatic carbocycles. The van der Waals surface area contributed by atoms with E-state index in [1.165, 1.54) is 30.3 Å². The number of benzene rings is 3. The van der Waals surface area contributed by atoms with E-state index in [-0.39, 0.29) is 22.1 Å². The van der Waals surface area contributed by atoms with Gasteiger partial charge < -0.3 is 10.1 Å². The molecule has 0 bridgehead atoms. The molecule has 1 amide bonds. The molecule has 2 N–H and O–H groups in total. The minimum absolute atomic E-state index is 0.0110. The van der Waals surface area contributed by atoms with Gasteiger partial charge in [-0.15, -0.1) is 0 Å². The third-order valence-electron chi connectivity index (χ3n) is 4.99. The van der Waals surface area contributed by atoms with Crippen molar-refractivity contribution in [1.82, 2.24) is 0 Å². The Hall–Kier alpha value is -3.36. The maximum Gasteiger partial charge on any atom is 0.338 e. The highest BCUT2D eigenvalue weighted by atomic mass is 35.5. The first kappa shape index (κ1) is 24.3. The highest BCUT2D eigenvalue weighted by Crippen LogP contribution is 2.27. The lowest BCUT2D eigenvalue weighted by Gasteiger charge is -2.14. The minimum atomic E-state index is -4.05. The summed E-state index contributed by atoms with van der Waals surface area (Å²) in [6, 6.07) is 15.5. The molecule has 0 fully saturated rings. The molecule has 9 heteroatoms. The number of hydrogen-bond donors (Lipinski definition) is 2. The average molecular weight is 487 g/mol. The van der Waals surface area contributed by atoms with Crippen LogP contribution in [0.2, 0.25) is 5.02 Å². The zero-order valence-corrected chi connectivity index (χ0v) is 19.9. The number of carbonyl (C=O) groups is 2. The molecule has 33 heavy (non-hydrogen) atoms. The average Bonchev–Trinajstić information content (AvgIpc) is 2.77. The maximum atomic E-state index is 13.0. The van der Waals surface area contributed by atoms with Gasteiger partial charge in [0.25, 0.3) is 15.9 Å². The predicted octanol–water partition coefficient (Wildman–Crippen LogP) is 5.19. The Bertz CT molecular complexity index is 1300. The molecule has 3 rings (SSSR count). The number of sulfonamides is 1. The third kappa shape index (κ3) is 5.71. The summed E-state index contributed by atoms with van der Waals surface area (Å²) in [6.07, 6.45) is 0. The molecule has 0 radical (unpaired) electrons. The van der Waals surface area contributed by atoms with Gasteiger partial charge in [-0.3, -0.25) is 9.52 Å². The molecule has 0 saturated carbocycles. The first-order valence-corrected chi connectivity index (χ1v) is 12.0. The van der Waals surface area contributed by atoms with Crippen LogP contribution < -0.4 is 10.0 Å². The van der Waals surface area contributed by atoms with Crippen molar-refractivity contribution >= 4 is 44.9 Å². The monoisotopic (exact) mass is 486 g/mol. The molecule has 0 aromatic heterocycles. The van der Waals surface area contributed by atoms with E-state index in [4.69, 9.17) is 16.3 Å². The Kier molecular flexibility index (Phi) is 7.40. The van der Waals surface area contributed by atoms with Crippen molar-refractivity contribution < 1.29 is 22.7 Å². The van der Waals surface area contributed by atoms with Crippen LogP contribution in [0.3, 0.4) is 0 Å². The summed E-state index contributed by atoms with van der Waals surface area (Å²) in [6.45, 7) is 5.66. The van der Waals surface area contributed by atoms with Crippen LogP contribution >= 0.6 is 11.6 Å². The number of nitrogens with one attached hydrogen (secondary N) is 2. The summed E-state index contributed by atoms with van der Waals surface area (Å²) in [7, 11) is -4.05. The Morgan fingerprint density at radius 1 is 0.970 bits per heavy atom. The molecule has 0 atom stereocenters. The summed E-state index contributed by atoms with van der Waals surface area (Å²) in [4.78, 5) is 24.3. The fraction of sp³-hybridized carbons (Fsp3) is 0.167. The fourth-order valence-corrected chi connectivity index (χ4v) is 4.67. The number of rotatable bonds is 7. The Morgan fingerprint density at radius 2 is 1.64 bits per heavy atom. The van der Waals surface area contributed by atoms with Gasteiger partial charge in [-0.25, -0.2) is 13.2 Å². The van der Waals surface area contributed by atoms with E-state index in [1.54, 1.807) is 31.2 Å². The van der Waals surface area contributed by atoms with Gasteiger partial charge >= 0.3 is 5.97 Å². The van der Waals surface area contributed by atoms with Gasteiger partial charge in [0.05, 0.1) is 22.9 Å². The lowest BCUT2D eigenvalue weighted by atomic mass is 10.1. The number of halogens is 1. The van der Waals surface area contributed by atoms with E-state index in [2.05, 4.69) is 10.0 Å². The summed E-state index contributed by atoms with van der Waals surface area (Å²) >= 11 is 6.16. The molecule has 0 saturated heterocycles. The number of amides is 1. The maximum absolute atomic E-state index is 13.0. The first-order valence-electron chi connectivity index (χ1n) is 10.1. The van der Waals surface area contributed by atoms with E-state index in [1.807, 2.05) is 19.9 Å². The van der Waals surface area contributed by atoms with Crippen LogP contribution in [-0.2, 0) is 14.8 Å². The lowest BCUT2D eigenvalue weighted by molar-refractivity contribution is 0.0526. The zero-order valence-electron chi connectivity index (χ0n) is 18.3. The Morgan fingerprint density at radius 3 is 2.30 bits per heavy atom. The van der Waals surface area contributed by atoms with Gasteiger partial charge in [0.15, 0.2) is 0 Å². The van der Waals surface area contributed by atoms with Crippen LogP contribution in [-0.4, -0.2) is 26.9 Å². The normalized spacial score (nSPS) is 11.0. The van der Waals surface area contributed by atoms with Crippen LogP contribution in [0.4, 0.5) is 11.4 Å². The van der Waals surface area contributed by atoms with E-state index in [0.29, 0.717) is 16.9 Å². The Balaban J connectivity index is 1.82. The van der Waals surface area contributed by atoms with Gasteiger partial charge in [-0.1, -0.05) is 23.7 Å². The van der Waals surface area contributed by atoms with Gasteiger partial charge in [0, 0.05) is 11.3 Å². The summed E-state index contributed by atoms with van der Waals surface area (Å²) in [5, 5.41) is 2.66. The third-order valence-corrected chi connectivity index (χ3v) is 6.83. The summed E-state index contributed by atoms with van der Waals surface area (Å²) < 4.78 is 33.5. The largest absolute Gasteiger partial charge is 0.462 e. The van der Waals surface area contributed by atoms with Crippen LogP contribution in [0.25, 0.3) is 0 Å². The molecular formula is C24H23ClN2O5S. The zero-order chi connectivity index (χ0) is 24.2. The van der Waals surface area contributed by atoms with Crippen molar-refractivity contribution in [2.75, 3.05) is 16.6 Å². The second-order valence-corrected chi connectivity index (χ2v) is 9.31. The van der Waals surface area contributed by atoms with E-state index in [9.17, 15) is 18.0 Å². The summed E-state index contributed by atoms with van der Waals surface area (Å²) in [5.74, 6) is -0.988. The van der Waals surface area contributed by atoms with Crippen molar-refractivity contribution in [3.63, 3.8) is 0 Å². The van der Waals surface area contributed by atoms with E-state index < -0.39 is 21.9 Å². The number of aryl methyl sites for hydroxylation is 1. The van der Waals surface area contributed by atoms with Crippen LogP contribution in [0.5, 0.6) is 0 Å². The van der Waals surface area contributed by atoms with Gasteiger partial charge in [0.2, 0.25) is 0 Å². The molecule has 3 aromatic carbocycles. The van der Waals surface area contributed by atoms with Crippen LogP contribution in [0.15, 0.2) is 65.6 Å².